The van der Waals surface area contributed by atoms with Gasteiger partial charge in [-0.2, -0.15) is 5.26 Å². The Hall–Kier alpha value is -3.37. The molecule has 0 atom stereocenters. The Balaban J connectivity index is 1.44. The van der Waals surface area contributed by atoms with E-state index in [1.54, 1.807) is 53.9 Å². The van der Waals surface area contributed by atoms with Gasteiger partial charge in [-0.15, -0.1) is 0 Å². The molecule has 6 rings (SSSR count). The standard InChI is InChI=1S/C22H17N3O3S/c23-11-17-19-13-6-8-25(9-7-13)21(19)29-20(17)24-12-16-4-5-18(28-16)14-2-1-3-15(10-14)22(26)27/h1-5,10,12-13H,6-9H2,(H,26,27). The molecular formula is C22H17N3O3S. The Kier molecular flexibility index (Phi) is 4.22. The van der Waals surface area contributed by atoms with Crippen LogP contribution in [0.1, 0.15) is 46.0 Å². The zero-order chi connectivity index (χ0) is 20.0. The van der Waals surface area contributed by atoms with Crippen molar-refractivity contribution in [1.29, 1.82) is 5.26 Å². The Morgan fingerprint density at radius 3 is 2.90 bits per heavy atom. The van der Waals surface area contributed by atoms with E-state index in [-0.39, 0.29) is 5.56 Å². The van der Waals surface area contributed by atoms with Crippen LogP contribution >= 0.6 is 11.3 Å². The van der Waals surface area contributed by atoms with E-state index in [9.17, 15) is 10.1 Å². The van der Waals surface area contributed by atoms with Crippen LogP contribution in [-0.4, -0.2) is 30.4 Å². The maximum absolute atomic E-state index is 11.2. The molecule has 0 unspecified atom stereocenters. The van der Waals surface area contributed by atoms with E-state index >= 15 is 0 Å². The van der Waals surface area contributed by atoms with E-state index in [0.717, 1.165) is 30.9 Å². The highest BCUT2D eigenvalue weighted by molar-refractivity contribution is 7.20. The predicted octanol–water partition coefficient (Wildman–Crippen LogP) is 5.03. The molecule has 3 aliphatic rings. The van der Waals surface area contributed by atoms with Crippen LogP contribution in [0.4, 0.5) is 10.0 Å². The molecule has 3 aromatic rings. The number of piperidine rings is 1. The monoisotopic (exact) mass is 403 g/mol. The minimum Gasteiger partial charge on any atom is -0.478 e. The fourth-order valence-electron chi connectivity index (χ4n) is 4.11. The van der Waals surface area contributed by atoms with Gasteiger partial charge in [-0.1, -0.05) is 23.5 Å². The third kappa shape index (κ3) is 3.02. The van der Waals surface area contributed by atoms with Gasteiger partial charge in [0.05, 0.1) is 22.3 Å². The maximum Gasteiger partial charge on any atom is 0.335 e. The molecule has 29 heavy (non-hydrogen) atoms. The first-order valence-electron chi connectivity index (χ1n) is 9.43. The lowest BCUT2D eigenvalue weighted by atomic mass is 9.84. The fourth-order valence-corrected chi connectivity index (χ4v) is 5.35. The molecule has 0 aliphatic carbocycles. The number of aromatic carboxylic acids is 1. The molecule has 0 amide bonds. The number of carbonyl (C=O) groups is 1. The summed E-state index contributed by atoms with van der Waals surface area (Å²) in [6, 6.07) is 12.6. The van der Waals surface area contributed by atoms with Crippen LogP contribution in [0.25, 0.3) is 11.3 Å². The molecule has 0 saturated carbocycles. The van der Waals surface area contributed by atoms with E-state index in [0.29, 0.717) is 28.6 Å². The van der Waals surface area contributed by atoms with E-state index in [4.69, 9.17) is 9.52 Å². The summed E-state index contributed by atoms with van der Waals surface area (Å²) in [4.78, 5) is 18.1. The molecular weight excluding hydrogens is 386 g/mol. The van der Waals surface area contributed by atoms with Crippen molar-refractivity contribution in [2.75, 3.05) is 18.0 Å². The van der Waals surface area contributed by atoms with Crippen LogP contribution in [0, 0.1) is 11.3 Å². The van der Waals surface area contributed by atoms with Gasteiger partial charge in [-0.25, -0.2) is 9.79 Å². The second-order valence-electron chi connectivity index (χ2n) is 7.22. The van der Waals surface area contributed by atoms with Gasteiger partial charge in [0, 0.05) is 24.2 Å². The molecule has 1 fully saturated rings. The third-order valence-electron chi connectivity index (χ3n) is 5.54. The van der Waals surface area contributed by atoms with Gasteiger partial charge in [-0.05, 0) is 43.0 Å². The van der Waals surface area contributed by atoms with Gasteiger partial charge in [0.15, 0.2) is 0 Å². The molecule has 2 bridgehead atoms. The molecule has 0 radical (unpaired) electrons. The average molecular weight is 403 g/mol. The van der Waals surface area contributed by atoms with Gasteiger partial charge >= 0.3 is 5.97 Å². The van der Waals surface area contributed by atoms with E-state index in [1.807, 2.05) is 0 Å². The van der Waals surface area contributed by atoms with Crippen molar-refractivity contribution in [1.82, 2.24) is 0 Å². The summed E-state index contributed by atoms with van der Waals surface area (Å²) in [6.45, 7) is 2.12. The Labute approximate surface area is 171 Å². The van der Waals surface area contributed by atoms with Gasteiger partial charge in [0.25, 0.3) is 0 Å². The van der Waals surface area contributed by atoms with E-state index in [1.165, 1.54) is 10.6 Å². The van der Waals surface area contributed by atoms with Gasteiger partial charge in [-0.3, -0.25) is 0 Å². The second-order valence-corrected chi connectivity index (χ2v) is 8.20. The van der Waals surface area contributed by atoms with Crippen molar-refractivity contribution in [2.45, 2.75) is 18.8 Å². The lowest BCUT2D eigenvalue weighted by Crippen LogP contribution is -2.37. The van der Waals surface area contributed by atoms with E-state index in [2.05, 4.69) is 16.0 Å². The van der Waals surface area contributed by atoms with Crippen LogP contribution in [0.3, 0.4) is 0 Å². The van der Waals surface area contributed by atoms with E-state index < -0.39 is 5.97 Å². The Morgan fingerprint density at radius 2 is 2.14 bits per heavy atom. The third-order valence-corrected chi connectivity index (χ3v) is 6.71. The lowest BCUT2D eigenvalue weighted by Gasteiger charge is -2.39. The average Bonchev–Trinajstić information content (AvgIpc) is 3.38. The summed E-state index contributed by atoms with van der Waals surface area (Å²) in [5.74, 6) is 0.626. The molecule has 2 aromatic heterocycles. The van der Waals surface area contributed by atoms with Crippen LogP contribution in [0.15, 0.2) is 45.8 Å². The Morgan fingerprint density at radius 1 is 1.31 bits per heavy atom. The number of carboxylic acids is 1. The summed E-state index contributed by atoms with van der Waals surface area (Å²) in [5, 5.41) is 20.8. The normalized spacial score (nSPS) is 15.6. The highest BCUT2D eigenvalue weighted by Gasteiger charge is 2.36. The second kappa shape index (κ2) is 6.90. The summed E-state index contributed by atoms with van der Waals surface area (Å²) < 4.78 is 5.83. The predicted molar refractivity (Wildman–Crippen MR) is 112 cm³/mol. The maximum atomic E-state index is 11.2. The molecule has 3 aliphatic heterocycles. The summed E-state index contributed by atoms with van der Waals surface area (Å²) in [6.07, 6.45) is 3.84. The van der Waals surface area contributed by atoms with Gasteiger partial charge < -0.3 is 14.4 Å². The first kappa shape index (κ1) is 17.7. The molecule has 1 saturated heterocycles. The van der Waals surface area contributed by atoms with Crippen LogP contribution < -0.4 is 4.90 Å². The number of nitrogens with zero attached hydrogens (tertiary/aromatic N) is 3. The molecule has 1 aromatic carbocycles. The van der Waals surface area contributed by atoms with Gasteiger partial charge in [0.1, 0.15) is 22.6 Å². The molecule has 0 spiro atoms. The first-order valence-corrected chi connectivity index (χ1v) is 10.2. The van der Waals surface area contributed by atoms with Crippen molar-refractivity contribution < 1.29 is 14.3 Å². The highest BCUT2D eigenvalue weighted by atomic mass is 32.1. The number of fused-ring (bicyclic) bond motifs is 2. The number of aliphatic imine (C=N–C) groups is 1. The number of thiophene rings is 1. The smallest absolute Gasteiger partial charge is 0.335 e. The molecule has 1 N–H and O–H groups in total. The van der Waals surface area contributed by atoms with Crippen molar-refractivity contribution in [3.63, 3.8) is 0 Å². The summed E-state index contributed by atoms with van der Waals surface area (Å²) >= 11 is 1.58. The molecule has 7 heteroatoms. The molecule has 5 heterocycles. The zero-order valence-electron chi connectivity index (χ0n) is 15.5. The number of benzene rings is 1. The Bertz CT molecular complexity index is 1180. The molecule has 6 nitrogen and oxygen atoms in total. The molecule has 144 valence electrons. The van der Waals surface area contributed by atoms with Crippen molar-refractivity contribution >= 4 is 33.5 Å². The van der Waals surface area contributed by atoms with Crippen LogP contribution in [0.5, 0.6) is 0 Å². The highest BCUT2D eigenvalue weighted by Crippen LogP contribution is 2.52. The fraction of sp³-hybridized carbons (Fsp3) is 0.227. The van der Waals surface area contributed by atoms with Crippen LogP contribution in [-0.2, 0) is 0 Å². The van der Waals surface area contributed by atoms with Crippen molar-refractivity contribution in [3.05, 3.63) is 58.8 Å². The number of anilines is 1. The number of rotatable bonds is 4. The number of furan rings is 1. The van der Waals surface area contributed by atoms with Crippen LogP contribution in [0.2, 0.25) is 0 Å². The summed E-state index contributed by atoms with van der Waals surface area (Å²) in [7, 11) is 0. The minimum atomic E-state index is -0.976. The largest absolute Gasteiger partial charge is 0.478 e. The number of hydrogen-bond acceptors (Lipinski definition) is 6. The van der Waals surface area contributed by atoms with Crippen molar-refractivity contribution in [2.24, 2.45) is 4.99 Å². The van der Waals surface area contributed by atoms with Crippen molar-refractivity contribution in [3.8, 4) is 17.4 Å². The topological polar surface area (TPSA) is 89.8 Å². The van der Waals surface area contributed by atoms with Gasteiger partial charge in [0.2, 0.25) is 0 Å². The zero-order valence-corrected chi connectivity index (χ0v) is 16.3. The first-order chi connectivity index (χ1) is 14.1. The number of nitriles is 1. The minimum absolute atomic E-state index is 0.210. The summed E-state index contributed by atoms with van der Waals surface area (Å²) in [5.41, 5.74) is 2.77. The quantitative estimate of drug-likeness (QED) is 0.617. The number of carboxylic acid groups (broad SMARTS) is 1. The SMILES string of the molecule is N#Cc1c(N=Cc2ccc(-c3cccc(C(=O)O)c3)o2)sc2c1C1CCN2CC1. The lowest BCUT2D eigenvalue weighted by molar-refractivity contribution is 0.0697. The number of hydrogen-bond donors (Lipinski definition) is 1.